The van der Waals surface area contributed by atoms with Gasteiger partial charge in [0.25, 0.3) is 0 Å². The molecule has 2 aromatic rings. The zero-order valence-electron chi connectivity index (χ0n) is 13.8. The molecule has 0 atom stereocenters. The first kappa shape index (κ1) is 19.6. The summed E-state index contributed by atoms with van der Waals surface area (Å²) in [5, 5.41) is 18.9. The van der Waals surface area contributed by atoms with Gasteiger partial charge in [0.2, 0.25) is 0 Å². The lowest BCUT2D eigenvalue weighted by atomic mass is 10.1. The number of halogens is 2. The van der Waals surface area contributed by atoms with Crippen LogP contribution in [0.5, 0.6) is 11.5 Å². The number of hydrogen-bond donors (Lipinski definition) is 1. The minimum Gasteiger partial charge on any atom is -0.490 e. The van der Waals surface area contributed by atoms with E-state index >= 15 is 0 Å². The number of nitriles is 1. The first-order chi connectivity index (χ1) is 12.4. The van der Waals surface area contributed by atoms with Crippen LogP contribution in [0.3, 0.4) is 0 Å². The monoisotopic (exact) mass is 391 g/mol. The van der Waals surface area contributed by atoms with Gasteiger partial charge < -0.3 is 14.6 Å². The largest absolute Gasteiger partial charge is 0.490 e. The van der Waals surface area contributed by atoms with Crippen molar-refractivity contribution in [3.8, 4) is 17.6 Å². The SMILES string of the molecule is Cc1cc(OCCOc2ccc(Cl)cc2C=C(C#N)C(=O)O)ccc1Cl. The molecule has 0 fully saturated rings. The Bertz CT molecular complexity index is 888. The van der Waals surface area contributed by atoms with Crippen molar-refractivity contribution in [3.05, 3.63) is 63.1 Å². The Kier molecular flexibility index (Phi) is 6.90. The van der Waals surface area contributed by atoms with E-state index < -0.39 is 11.5 Å². The van der Waals surface area contributed by atoms with Crippen LogP contribution in [0.2, 0.25) is 10.0 Å². The van der Waals surface area contributed by atoms with Crippen molar-refractivity contribution in [3.63, 3.8) is 0 Å². The Hall–Kier alpha value is -2.68. The van der Waals surface area contributed by atoms with Crippen LogP contribution < -0.4 is 9.47 Å². The quantitative estimate of drug-likeness (QED) is 0.418. The molecule has 0 aliphatic carbocycles. The van der Waals surface area contributed by atoms with Crippen molar-refractivity contribution in [2.24, 2.45) is 0 Å². The van der Waals surface area contributed by atoms with Crippen LogP contribution in [0.4, 0.5) is 0 Å². The fourth-order valence-corrected chi connectivity index (χ4v) is 2.38. The second kappa shape index (κ2) is 9.14. The van der Waals surface area contributed by atoms with Crippen LogP contribution in [0.1, 0.15) is 11.1 Å². The van der Waals surface area contributed by atoms with E-state index in [4.69, 9.17) is 43.0 Å². The summed E-state index contributed by atoms with van der Waals surface area (Å²) in [5.74, 6) is -0.247. The van der Waals surface area contributed by atoms with Gasteiger partial charge in [-0.2, -0.15) is 5.26 Å². The van der Waals surface area contributed by atoms with Crippen molar-refractivity contribution in [2.45, 2.75) is 6.92 Å². The maximum Gasteiger partial charge on any atom is 0.346 e. The molecule has 0 saturated heterocycles. The standard InChI is InChI=1S/C19H15Cl2NO4/c1-12-8-16(3-4-17(12)21)25-6-7-26-18-5-2-15(20)10-13(18)9-14(11-22)19(23)24/h2-5,8-10H,6-7H2,1H3,(H,23,24). The van der Waals surface area contributed by atoms with E-state index in [2.05, 4.69) is 0 Å². The molecule has 1 N–H and O–H groups in total. The number of carbonyl (C=O) groups is 1. The second-order valence-electron chi connectivity index (χ2n) is 5.27. The van der Waals surface area contributed by atoms with Gasteiger partial charge in [-0.25, -0.2) is 4.79 Å². The maximum atomic E-state index is 11.0. The summed E-state index contributed by atoms with van der Waals surface area (Å²) in [4.78, 5) is 11.0. The summed E-state index contributed by atoms with van der Waals surface area (Å²) in [6.07, 6.45) is 1.22. The third-order valence-corrected chi connectivity index (χ3v) is 4.02. The van der Waals surface area contributed by atoms with Gasteiger partial charge in [0.15, 0.2) is 0 Å². The third kappa shape index (κ3) is 5.41. The molecule has 0 spiro atoms. The lowest BCUT2D eigenvalue weighted by Gasteiger charge is -2.11. The first-order valence-electron chi connectivity index (χ1n) is 7.57. The molecule has 0 heterocycles. The average molecular weight is 392 g/mol. The highest BCUT2D eigenvalue weighted by molar-refractivity contribution is 6.31. The first-order valence-corrected chi connectivity index (χ1v) is 8.32. The Labute approximate surface area is 161 Å². The van der Waals surface area contributed by atoms with Gasteiger partial charge in [-0.3, -0.25) is 0 Å². The Morgan fingerprint density at radius 3 is 2.58 bits per heavy atom. The molecule has 0 saturated carbocycles. The van der Waals surface area contributed by atoms with E-state index in [0.717, 1.165) is 5.56 Å². The number of hydrogen-bond acceptors (Lipinski definition) is 4. The van der Waals surface area contributed by atoms with Crippen molar-refractivity contribution in [2.75, 3.05) is 13.2 Å². The molecule has 0 aromatic heterocycles. The molecule has 0 bridgehead atoms. The summed E-state index contributed by atoms with van der Waals surface area (Å²) < 4.78 is 11.2. The number of carboxylic acid groups (broad SMARTS) is 1. The van der Waals surface area contributed by atoms with Crippen LogP contribution >= 0.6 is 23.2 Å². The molecule has 7 heteroatoms. The summed E-state index contributed by atoms with van der Waals surface area (Å²) in [6.45, 7) is 2.38. The highest BCUT2D eigenvalue weighted by atomic mass is 35.5. The fraction of sp³-hybridized carbons (Fsp3) is 0.158. The third-order valence-electron chi connectivity index (χ3n) is 3.36. The lowest BCUT2D eigenvalue weighted by molar-refractivity contribution is -0.132. The smallest absolute Gasteiger partial charge is 0.346 e. The molecule has 0 aliphatic heterocycles. The summed E-state index contributed by atoms with van der Waals surface area (Å²) >= 11 is 11.9. The molecule has 2 rings (SSSR count). The normalized spacial score (nSPS) is 10.9. The van der Waals surface area contributed by atoms with E-state index in [1.807, 2.05) is 13.0 Å². The predicted molar refractivity (Wildman–Crippen MR) is 99.9 cm³/mol. The number of aryl methyl sites for hydroxylation is 1. The number of rotatable bonds is 7. The van der Waals surface area contributed by atoms with Crippen LogP contribution in [0.15, 0.2) is 42.0 Å². The topological polar surface area (TPSA) is 79.5 Å². The molecular formula is C19H15Cl2NO4. The number of carboxylic acids is 1. The fourth-order valence-electron chi connectivity index (χ4n) is 2.08. The summed E-state index contributed by atoms with van der Waals surface area (Å²) in [6, 6.07) is 11.7. The van der Waals surface area contributed by atoms with Gasteiger partial charge >= 0.3 is 5.97 Å². The number of aliphatic carboxylic acids is 1. The van der Waals surface area contributed by atoms with Crippen LogP contribution in [0.25, 0.3) is 6.08 Å². The Morgan fingerprint density at radius 1 is 1.19 bits per heavy atom. The highest BCUT2D eigenvalue weighted by Crippen LogP contribution is 2.26. The van der Waals surface area contributed by atoms with Gasteiger partial charge in [-0.1, -0.05) is 23.2 Å². The van der Waals surface area contributed by atoms with Gasteiger partial charge in [0.05, 0.1) is 0 Å². The molecule has 0 radical (unpaired) electrons. The van der Waals surface area contributed by atoms with Crippen molar-refractivity contribution < 1.29 is 19.4 Å². The van der Waals surface area contributed by atoms with E-state index in [1.54, 1.807) is 30.3 Å². The Balaban J connectivity index is 2.04. The van der Waals surface area contributed by atoms with E-state index in [1.165, 1.54) is 12.1 Å². The molecule has 26 heavy (non-hydrogen) atoms. The zero-order chi connectivity index (χ0) is 19.1. The van der Waals surface area contributed by atoms with Crippen LogP contribution in [0, 0.1) is 18.3 Å². The van der Waals surface area contributed by atoms with E-state index in [0.29, 0.717) is 27.1 Å². The molecular weight excluding hydrogens is 377 g/mol. The highest BCUT2D eigenvalue weighted by Gasteiger charge is 2.10. The lowest BCUT2D eigenvalue weighted by Crippen LogP contribution is -2.10. The van der Waals surface area contributed by atoms with Gasteiger partial charge in [-0.15, -0.1) is 0 Å². The Morgan fingerprint density at radius 2 is 1.92 bits per heavy atom. The van der Waals surface area contributed by atoms with Crippen molar-refractivity contribution >= 4 is 35.2 Å². The van der Waals surface area contributed by atoms with Crippen LogP contribution in [-0.2, 0) is 4.79 Å². The van der Waals surface area contributed by atoms with Gasteiger partial charge in [-0.05, 0) is 55.0 Å². The summed E-state index contributed by atoms with van der Waals surface area (Å²) in [7, 11) is 0. The molecule has 0 amide bonds. The molecule has 2 aromatic carbocycles. The van der Waals surface area contributed by atoms with Crippen LogP contribution in [-0.4, -0.2) is 24.3 Å². The number of nitrogens with zero attached hydrogens (tertiary/aromatic N) is 1. The molecule has 0 aliphatic rings. The number of ether oxygens (including phenoxy) is 2. The van der Waals surface area contributed by atoms with E-state index in [9.17, 15) is 4.79 Å². The maximum absolute atomic E-state index is 11.0. The summed E-state index contributed by atoms with van der Waals surface area (Å²) in [5.41, 5.74) is 0.900. The second-order valence-corrected chi connectivity index (χ2v) is 6.11. The van der Waals surface area contributed by atoms with Crippen molar-refractivity contribution in [1.29, 1.82) is 5.26 Å². The van der Waals surface area contributed by atoms with E-state index in [-0.39, 0.29) is 13.2 Å². The molecule has 0 unspecified atom stereocenters. The number of benzene rings is 2. The average Bonchev–Trinajstić information content (AvgIpc) is 2.60. The van der Waals surface area contributed by atoms with Gasteiger partial charge in [0, 0.05) is 15.6 Å². The molecule has 5 nitrogen and oxygen atoms in total. The predicted octanol–water partition coefficient (Wildman–Crippen LogP) is 4.75. The van der Waals surface area contributed by atoms with Gasteiger partial charge in [0.1, 0.15) is 36.4 Å². The zero-order valence-corrected chi connectivity index (χ0v) is 15.3. The molecule has 134 valence electrons. The van der Waals surface area contributed by atoms with Crippen molar-refractivity contribution in [1.82, 2.24) is 0 Å². The minimum atomic E-state index is -1.32. The minimum absolute atomic E-state index is 0.221.